The third-order valence-corrected chi connectivity index (χ3v) is 2.75. The van der Waals surface area contributed by atoms with E-state index in [0.29, 0.717) is 12.2 Å². The molecule has 0 saturated carbocycles. The van der Waals surface area contributed by atoms with E-state index < -0.39 is 11.9 Å². The van der Waals surface area contributed by atoms with Crippen LogP contribution in [0.2, 0.25) is 0 Å². The Bertz CT molecular complexity index is 505. The van der Waals surface area contributed by atoms with Crippen molar-refractivity contribution in [1.29, 1.82) is 0 Å². The quantitative estimate of drug-likeness (QED) is 0.871. The van der Waals surface area contributed by atoms with E-state index in [9.17, 15) is 9.90 Å². The average molecular weight is 230 g/mol. The Kier molecular flexibility index (Phi) is 3.23. The minimum absolute atomic E-state index is 0.459. The van der Waals surface area contributed by atoms with Gasteiger partial charge in [-0.3, -0.25) is 4.79 Å². The Morgan fingerprint density at radius 2 is 2.12 bits per heavy atom. The van der Waals surface area contributed by atoms with Crippen LogP contribution in [0.25, 0.3) is 0 Å². The number of aliphatic carboxylic acids is 1. The summed E-state index contributed by atoms with van der Waals surface area (Å²) in [5, 5.41) is 9.28. The van der Waals surface area contributed by atoms with Gasteiger partial charge in [-0.15, -0.1) is 0 Å². The highest BCUT2D eigenvalue weighted by atomic mass is 16.4. The molecule has 0 aliphatic carbocycles. The molecule has 2 rings (SSSR count). The summed E-state index contributed by atoms with van der Waals surface area (Å²) in [7, 11) is 1.81. The van der Waals surface area contributed by atoms with Gasteiger partial charge in [0.05, 0.1) is 0 Å². The van der Waals surface area contributed by atoms with E-state index in [1.807, 2.05) is 37.4 Å². The molecule has 1 unspecified atom stereocenters. The number of benzene rings is 1. The summed E-state index contributed by atoms with van der Waals surface area (Å²) in [5.41, 5.74) is 1.00. The van der Waals surface area contributed by atoms with Crippen LogP contribution in [-0.4, -0.2) is 20.6 Å². The SMILES string of the molecule is Cn1ccnc1C(Cc1ccccc1)C(=O)O. The Balaban J connectivity index is 2.26. The number of imidazole rings is 1. The molecule has 0 aliphatic rings. The van der Waals surface area contributed by atoms with Gasteiger partial charge in [0.25, 0.3) is 0 Å². The molecule has 88 valence electrons. The number of nitrogens with zero attached hydrogens (tertiary/aromatic N) is 2. The van der Waals surface area contributed by atoms with Crippen molar-refractivity contribution in [3.8, 4) is 0 Å². The standard InChI is InChI=1S/C13H14N2O2/c1-15-8-7-14-12(15)11(13(16)17)9-10-5-3-2-4-6-10/h2-8,11H,9H2,1H3,(H,16,17). The van der Waals surface area contributed by atoms with Crippen LogP contribution >= 0.6 is 0 Å². The second-order valence-electron chi connectivity index (χ2n) is 3.98. The molecular formula is C13H14N2O2. The number of aromatic nitrogens is 2. The van der Waals surface area contributed by atoms with Gasteiger partial charge in [0.1, 0.15) is 11.7 Å². The van der Waals surface area contributed by atoms with Crippen LogP contribution in [0.1, 0.15) is 17.3 Å². The lowest BCUT2D eigenvalue weighted by Crippen LogP contribution is -2.18. The van der Waals surface area contributed by atoms with Crippen LogP contribution in [0.4, 0.5) is 0 Å². The molecule has 4 heteroatoms. The molecule has 1 N–H and O–H groups in total. The molecular weight excluding hydrogens is 216 g/mol. The van der Waals surface area contributed by atoms with Gasteiger partial charge in [0.15, 0.2) is 0 Å². The normalized spacial score (nSPS) is 12.3. The number of carboxylic acid groups (broad SMARTS) is 1. The summed E-state index contributed by atoms with van der Waals surface area (Å²) in [4.78, 5) is 15.4. The fraction of sp³-hybridized carbons (Fsp3) is 0.231. The van der Waals surface area contributed by atoms with E-state index in [1.54, 1.807) is 17.0 Å². The van der Waals surface area contributed by atoms with Crippen LogP contribution < -0.4 is 0 Å². The number of aryl methyl sites for hydroxylation is 1. The lowest BCUT2D eigenvalue weighted by molar-refractivity contribution is -0.139. The van der Waals surface area contributed by atoms with Crippen LogP contribution in [-0.2, 0) is 18.3 Å². The Morgan fingerprint density at radius 3 is 2.65 bits per heavy atom. The Hall–Kier alpha value is -2.10. The summed E-state index contributed by atoms with van der Waals surface area (Å²) in [6.45, 7) is 0. The molecule has 0 bridgehead atoms. The van der Waals surface area contributed by atoms with E-state index in [4.69, 9.17) is 0 Å². The fourth-order valence-corrected chi connectivity index (χ4v) is 1.85. The van der Waals surface area contributed by atoms with Gasteiger partial charge in [-0.05, 0) is 12.0 Å². The van der Waals surface area contributed by atoms with Crippen LogP contribution in [0.15, 0.2) is 42.7 Å². The third kappa shape index (κ3) is 2.53. The van der Waals surface area contributed by atoms with Gasteiger partial charge in [0, 0.05) is 19.4 Å². The van der Waals surface area contributed by atoms with Crippen LogP contribution in [0.5, 0.6) is 0 Å². The lowest BCUT2D eigenvalue weighted by Gasteiger charge is -2.12. The zero-order valence-corrected chi connectivity index (χ0v) is 9.58. The minimum Gasteiger partial charge on any atom is -0.481 e. The maximum atomic E-state index is 11.3. The van der Waals surface area contributed by atoms with Crippen molar-refractivity contribution in [2.75, 3.05) is 0 Å². The first kappa shape index (κ1) is 11.4. The van der Waals surface area contributed by atoms with E-state index in [0.717, 1.165) is 5.56 Å². The molecule has 0 amide bonds. The second kappa shape index (κ2) is 4.82. The molecule has 2 aromatic rings. The summed E-state index contributed by atoms with van der Waals surface area (Å²) in [5.74, 6) is -0.859. The topological polar surface area (TPSA) is 55.1 Å². The van der Waals surface area contributed by atoms with Gasteiger partial charge in [0.2, 0.25) is 0 Å². The number of rotatable bonds is 4. The zero-order valence-electron chi connectivity index (χ0n) is 9.58. The number of carbonyl (C=O) groups is 1. The molecule has 0 aliphatic heterocycles. The van der Waals surface area contributed by atoms with Crippen molar-refractivity contribution in [3.05, 3.63) is 54.1 Å². The van der Waals surface area contributed by atoms with Gasteiger partial charge in [-0.25, -0.2) is 4.98 Å². The summed E-state index contributed by atoms with van der Waals surface area (Å²) in [6, 6.07) is 9.59. The fourth-order valence-electron chi connectivity index (χ4n) is 1.85. The molecule has 4 nitrogen and oxygen atoms in total. The number of carboxylic acids is 1. The van der Waals surface area contributed by atoms with Gasteiger partial charge < -0.3 is 9.67 Å². The van der Waals surface area contributed by atoms with Gasteiger partial charge >= 0.3 is 5.97 Å². The molecule has 1 aromatic carbocycles. The van der Waals surface area contributed by atoms with Crippen molar-refractivity contribution in [2.24, 2.45) is 7.05 Å². The van der Waals surface area contributed by atoms with Gasteiger partial charge in [-0.1, -0.05) is 30.3 Å². The first-order valence-corrected chi connectivity index (χ1v) is 5.42. The Morgan fingerprint density at radius 1 is 1.41 bits per heavy atom. The van der Waals surface area contributed by atoms with Crippen molar-refractivity contribution < 1.29 is 9.90 Å². The van der Waals surface area contributed by atoms with Crippen molar-refractivity contribution in [2.45, 2.75) is 12.3 Å². The summed E-state index contributed by atoms with van der Waals surface area (Å²) >= 11 is 0. The van der Waals surface area contributed by atoms with E-state index in [-0.39, 0.29) is 0 Å². The molecule has 0 spiro atoms. The highest BCUT2D eigenvalue weighted by Crippen LogP contribution is 2.19. The zero-order chi connectivity index (χ0) is 12.3. The first-order valence-electron chi connectivity index (χ1n) is 5.42. The highest BCUT2D eigenvalue weighted by Gasteiger charge is 2.23. The summed E-state index contributed by atoms with van der Waals surface area (Å²) in [6.07, 6.45) is 3.84. The molecule has 1 heterocycles. The van der Waals surface area contributed by atoms with Crippen LogP contribution in [0.3, 0.4) is 0 Å². The molecule has 0 radical (unpaired) electrons. The highest BCUT2D eigenvalue weighted by molar-refractivity contribution is 5.75. The summed E-state index contributed by atoms with van der Waals surface area (Å²) < 4.78 is 1.75. The largest absolute Gasteiger partial charge is 0.481 e. The molecule has 1 atom stereocenters. The maximum Gasteiger partial charge on any atom is 0.314 e. The van der Waals surface area contributed by atoms with Gasteiger partial charge in [-0.2, -0.15) is 0 Å². The van der Waals surface area contributed by atoms with E-state index >= 15 is 0 Å². The molecule has 0 saturated heterocycles. The predicted octanol–water partition coefficient (Wildman–Crippen LogP) is 1.83. The lowest BCUT2D eigenvalue weighted by atomic mass is 9.99. The molecule has 17 heavy (non-hydrogen) atoms. The number of hydrogen-bond acceptors (Lipinski definition) is 2. The minimum atomic E-state index is -0.844. The third-order valence-electron chi connectivity index (χ3n) is 2.75. The van der Waals surface area contributed by atoms with Crippen molar-refractivity contribution in [3.63, 3.8) is 0 Å². The van der Waals surface area contributed by atoms with Crippen LogP contribution in [0, 0.1) is 0 Å². The predicted molar refractivity (Wildman–Crippen MR) is 63.7 cm³/mol. The number of hydrogen-bond donors (Lipinski definition) is 1. The first-order chi connectivity index (χ1) is 8.18. The molecule has 1 aromatic heterocycles. The monoisotopic (exact) mass is 230 g/mol. The smallest absolute Gasteiger partial charge is 0.314 e. The Labute approximate surface area is 99.5 Å². The second-order valence-corrected chi connectivity index (χ2v) is 3.98. The molecule has 0 fully saturated rings. The van der Waals surface area contributed by atoms with E-state index in [2.05, 4.69) is 4.98 Å². The van der Waals surface area contributed by atoms with E-state index in [1.165, 1.54) is 0 Å². The van der Waals surface area contributed by atoms with Crippen molar-refractivity contribution >= 4 is 5.97 Å². The van der Waals surface area contributed by atoms with Crippen molar-refractivity contribution in [1.82, 2.24) is 9.55 Å². The average Bonchev–Trinajstić information content (AvgIpc) is 2.73. The maximum absolute atomic E-state index is 11.3.